The molecule has 0 aromatic carbocycles. The van der Waals surface area contributed by atoms with Gasteiger partial charge in [0.1, 0.15) is 0 Å². The van der Waals surface area contributed by atoms with E-state index < -0.39 is 22.6 Å². The molecule has 0 aliphatic rings. The summed E-state index contributed by atoms with van der Waals surface area (Å²) in [5.74, 6) is 0. The lowest BCUT2D eigenvalue weighted by molar-refractivity contribution is 0.535. The molecule has 1 atom stereocenters. The topological polar surface area (TPSA) is 0 Å². The fourth-order valence-electron chi connectivity index (χ4n) is 0.677. The summed E-state index contributed by atoms with van der Waals surface area (Å²) < 4.78 is 50.5. The Labute approximate surface area is 66.3 Å². The van der Waals surface area contributed by atoms with Crippen LogP contribution in [0.1, 0.15) is 13.8 Å². The molecule has 1 unspecified atom stereocenters. The van der Waals surface area contributed by atoms with E-state index in [9.17, 15) is 16.4 Å². The average molecular weight is 204 g/mol. The van der Waals surface area contributed by atoms with Crippen LogP contribution >= 0.6 is 0 Å². The van der Waals surface area contributed by atoms with Crippen molar-refractivity contribution in [1.29, 1.82) is 0 Å². The molecular weight excluding hydrogens is 192 g/mol. The van der Waals surface area contributed by atoms with Gasteiger partial charge in [-0.1, -0.05) is 13.8 Å². The molecule has 0 spiro atoms. The molecule has 0 rings (SSSR count). The van der Waals surface area contributed by atoms with E-state index in [1.54, 1.807) is 0 Å². The van der Waals surface area contributed by atoms with Crippen molar-refractivity contribution in [2.24, 2.45) is 0 Å². The van der Waals surface area contributed by atoms with E-state index in [1.807, 2.05) is 0 Å². The molecule has 0 nitrogen and oxygen atoms in total. The van der Waals surface area contributed by atoms with E-state index in [0.717, 1.165) is 6.92 Å². The van der Waals surface area contributed by atoms with Crippen LogP contribution in [0.2, 0.25) is 17.8 Å². The first-order chi connectivity index (χ1) is 4.72. The van der Waals surface area contributed by atoms with Crippen LogP contribution in [0, 0.1) is 0 Å². The maximum Gasteiger partial charge on any atom is 0.429 e. The van der Waals surface area contributed by atoms with Gasteiger partial charge < -0.3 is 0 Å². The van der Waals surface area contributed by atoms with Crippen LogP contribution in [0.25, 0.3) is 0 Å². The van der Waals surface area contributed by atoms with E-state index in [4.69, 9.17) is 0 Å². The molecule has 11 heavy (non-hydrogen) atoms. The maximum absolute atomic E-state index is 12.7. The monoisotopic (exact) mass is 204 g/mol. The molecule has 0 aliphatic carbocycles. The van der Waals surface area contributed by atoms with Crippen molar-refractivity contribution in [3.05, 3.63) is 0 Å². The lowest BCUT2D eigenvalue weighted by Crippen LogP contribution is -2.40. The Kier molecular flexibility index (Phi) is 3.31. The fourth-order valence-corrected chi connectivity index (χ4v) is 4.87. The van der Waals surface area contributed by atoms with Gasteiger partial charge in [-0.05, 0) is 12.6 Å². The van der Waals surface area contributed by atoms with E-state index in [2.05, 4.69) is 0 Å². The highest BCUT2D eigenvalue weighted by Crippen LogP contribution is 2.37. The third kappa shape index (κ3) is 2.94. The van der Waals surface area contributed by atoms with Crippen LogP contribution in [0.4, 0.5) is 16.4 Å². The van der Waals surface area contributed by atoms with Gasteiger partial charge in [0, 0.05) is 0 Å². The highest BCUT2D eigenvalue weighted by molar-refractivity contribution is 6.86. The first kappa shape index (κ1) is 11.2. The van der Waals surface area contributed by atoms with Crippen molar-refractivity contribution >= 4 is 17.5 Å². The van der Waals surface area contributed by atoms with Crippen LogP contribution < -0.4 is 0 Å². The van der Waals surface area contributed by atoms with Crippen molar-refractivity contribution in [3.8, 4) is 0 Å². The van der Waals surface area contributed by atoms with Gasteiger partial charge in [0.2, 0.25) is 0 Å². The van der Waals surface area contributed by atoms with Gasteiger partial charge in [0.25, 0.3) is 0 Å². The molecule has 0 saturated heterocycles. The van der Waals surface area contributed by atoms with Gasteiger partial charge in [-0.25, -0.2) is 0 Å². The van der Waals surface area contributed by atoms with Gasteiger partial charge in [-0.2, -0.15) is 0 Å². The second-order valence-corrected chi connectivity index (χ2v) is 9.24. The Morgan fingerprint density at radius 2 is 1.55 bits per heavy atom. The lowest BCUT2D eigenvalue weighted by atomic mass is 10.9. The summed E-state index contributed by atoms with van der Waals surface area (Å²) in [6.07, 6.45) is 0. The van der Waals surface area contributed by atoms with Crippen molar-refractivity contribution < 1.29 is 16.4 Å². The minimum absolute atomic E-state index is 0.370. The zero-order chi connectivity index (χ0) is 9.28. The minimum Gasteiger partial charge on any atom is -0.271 e. The first-order valence-electron chi connectivity index (χ1n) is 3.47. The van der Waals surface area contributed by atoms with E-state index in [1.165, 1.54) is 6.92 Å². The third-order valence-electron chi connectivity index (χ3n) is 1.87. The summed E-state index contributed by atoms with van der Waals surface area (Å²) in [4.78, 5) is 0. The number of hydrogen-bond donors (Lipinski definition) is 0. The smallest absolute Gasteiger partial charge is 0.271 e. The summed E-state index contributed by atoms with van der Waals surface area (Å²) >= 11 is 0. The molecule has 0 aliphatic heterocycles. The SMILES string of the molecule is CC[Si](F)(F)C(C)[Si](C)(F)F. The normalized spacial score (nSPS) is 16.6. The summed E-state index contributed by atoms with van der Waals surface area (Å²) in [7, 11) is -9.21. The fraction of sp³-hybridized carbons (Fsp3) is 1.00. The van der Waals surface area contributed by atoms with Gasteiger partial charge >= 0.3 is 17.5 Å². The Morgan fingerprint density at radius 1 is 1.18 bits per heavy atom. The molecular formula is C5H12F4Si2. The zero-order valence-electron chi connectivity index (χ0n) is 6.80. The van der Waals surface area contributed by atoms with E-state index >= 15 is 0 Å². The summed E-state index contributed by atoms with van der Waals surface area (Å²) in [5, 5.41) is -1.61. The molecule has 0 bridgehead atoms. The summed E-state index contributed by atoms with van der Waals surface area (Å²) in [5.41, 5.74) is 0. The maximum atomic E-state index is 12.7. The number of hydrogen-bond acceptors (Lipinski definition) is 0. The van der Waals surface area contributed by atoms with Crippen LogP contribution in [-0.4, -0.2) is 17.5 Å². The Balaban J connectivity index is 4.35. The Morgan fingerprint density at radius 3 is 1.64 bits per heavy atom. The summed E-state index contributed by atoms with van der Waals surface area (Å²) in [6, 6.07) is -0.370. The van der Waals surface area contributed by atoms with Crippen molar-refractivity contribution in [2.45, 2.75) is 31.6 Å². The molecule has 0 N–H and O–H groups in total. The van der Waals surface area contributed by atoms with E-state index in [0.29, 0.717) is 6.55 Å². The van der Waals surface area contributed by atoms with Crippen molar-refractivity contribution in [1.82, 2.24) is 0 Å². The van der Waals surface area contributed by atoms with E-state index in [-0.39, 0.29) is 6.04 Å². The van der Waals surface area contributed by atoms with Gasteiger partial charge in [-0.3, -0.25) is 16.4 Å². The minimum atomic E-state index is -4.61. The molecule has 0 radical (unpaired) electrons. The van der Waals surface area contributed by atoms with Gasteiger partial charge in [-0.15, -0.1) is 0 Å². The van der Waals surface area contributed by atoms with Crippen LogP contribution in [0.3, 0.4) is 0 Å². The molecule has 0 heterocycles. The summed E-state index contributed by atoms with van der Waals surface area (Å²) in [6.45, 7) is 2.96. The molecule has 0 saturated carbocycles. The van der Waals surface area contributed by atoms with Crippen LogP contribution in [-0.2, 0) is 0 Å². The Bertz CT molecular complexity index is 131. The largest absolute Gasteiger partial charge is 0.429 e. The molecule has 68 valence electrons. The second-order valence-electron chi connectivity index (χ2n) is 2.79. The Hall–Kier alpha value is 0.154. The first-order valence-corrected chi connectivity index (χ1v) is 7.84. The van der Waals surface area contributed by atoms with Crippen molar-refractivity contribution in [2.75, 3.05) is 0 Å². The number of halogens is 4. The zero-order valence-corrected chi connectivity index (χ0v) is 8.80. The predicted molar refractivity (Wildman–Crippen MR) is 41.7 cm³/mol. The second kappa shape index (κ2) is 3.26. The molecule has 6 heteroatoms. The highest BCUT2D eigenvalue weighted by Gasteiger charge is 2.54. The van der Waals surface area contributed by atoms with Crippen LogP contribution in [0.5, 0.6) is 0 Å². The molecule has 0 aromatic rings. The average Bonchev–Trinajstić information content (AvgIpc) is 1.84. The predicted octanol–water partition coefficient (Wildman–Crippen LogP) is 3.33. The quantitative estimate of drug-likeness (QED) is 0.376. The van der Waals surface area contributed by atoms with Crippen LogP contribution in [0.15, 0.2) is 0 Å². The van der Waals surface area contributed by atoms with Gasteiger partial charge in [0.05, 0.1) is 5.16 Å². The third-order valence-corrected chi connectivity index (χ3v) is 8.38. The standard InChI is InChI=1S/C5H12F4Si2/c1-4-11(8,9)5(2)10(3,6)7/h5H,4H2,1-3H3. The van der Waals surface area contributed by atoms with Gasteiger partial charge in [0.15, 0.2) is 0 Å². The van der Waals surface area contributed by atoms with Crippen molar-refractivity contribution in [3.63, 3.8) is 0 Å². The number of rotatable bonds is 3. The lowest BCUT2D eigenvalue weighted by Gasteiger charge is -2.22. The molecule has 0 amide bonds. The highest BCUT2D eigenvalue weighted by atomic mass is 28.5. The molecule has 0 fully saturated rings. The molecule has 0 aromatic heterocycles.